The number of fused-ring (bicyclic) bond motifs is 2. The summed E-state index contributed by atoms with van der Waals surface area (Å²) in [6.45, 7) is 2.81. The molecule has 3 unspecified atom stereocenters. The second-order valence-corrected chi connectivity index (χ2v) is 12.1. The number of rotatable bonds is 6. The Balaban J connectivity index is 1.38. The van der Waals surface area contributed by atoms with Crippen molar-refractivity contribution in [1.29, 1.82) is 5.26 Å². The van der Waals surface area contributed by atoms with Gasteiger partial charge in [-0.25, -0.2) is 0 Å². The van der Waals surface area contributed by atoms with E-state index in [2.05, 4.69) is 12.2 Å². The van der Waals surface area contributed by atoms with E-state index in [1.807, 2.05) is 6.07 Å². The number of nitrogens with one attached hydrogen (secondary N) is 1. The van der Waals surface area contributed by atoms with Crippen LogP contribution >= 0.6 is 0 Å². The summed E-state index contributed by atoms with van der Waals surface area (Å²) in [4.78, 5) is 25.0. The van der Waals surface area contributed by atoms with Gasteiger partial charge < -0.3 is 11.1 Å². The van der Waals surface area contributed by atoms with E-state index in [0.717, 1.165) is 25.7 Å². The summed E-state index contributed by atoms with van der Waals surface area (Å²) in [7, 11) is -3.93. The van der Waals surface area contributed by atoms with Crippen LogP contribution in [0.3, 0.4) is 0 Å². The summed E-state index contributed by atoms with van der Waals surface area (Å²) in [5.41, 5.74) is 5.92. The molecule has 10 heteroatoms. The van der Waals surface area contributed by atoms with Gasteiger partial charge in [0, 0.05) is 25.0 Å². The Morgan fingerprint density at radius 3 is 2.71 bits per heavy atom. The fourth-order valence-electron chi connectivity index (χ4n) is 6.38. The lowest BCUT2D eigenvalue weighted by Crippen LogP contribution is -2.53. The SMILES string of the molecule is CC1CC2CC(CNC(=O)CN3CCCN(c4ccccc4C#N)S3(=O)=O)C[C@@](C(N)=O)(C1)C2. The van der Waals surface area contributed by atoms with Crippen molar-refractivity contribution in [2.75, 3.05) is 30.5 Å². The van der Waals surface area contributed by atoms with Gasteiger partial charge in [0.1, 0.15) is 6.07 Å². The van der Waals surface area contributed by atoms with Gasteiger partial charge in [-0.05, 0) is 68.4 Å². The third kappa shape index (κ3) is 4.77. The minimum Gasteiger partial charge on any atom is -0.369 e. The number of hydrogen-bond acceptors (Lipinski definition) is 5. The Bertz CT molecular complexity index is 1100. The fraction of sp³-hybridized carbons (Fsp3) is 0.625. The van der Waals surface area contributed by atoms with Crippen molar-refractivity contribution in [3.8, 4) is 6.07 Å². The molecule has 184 valence electrons. The third-order valence-electron chi connectivity index (χ3n) is 7.60. The van der Waals surface area contributed by atoms with Gasteiger partial charge in [-0.3, -0.25) is 13.9 Å². The summed E-state index contributed by atoms with van der Waals surface area (Å²) in [5, 5.41) is 12.3. The topological polar surface area (TPSA) is 137 Å². The first-order valence-electron chi connectivity index (χ1n) is 12.0. The number of benzene rings is 1. The van der Waals surface area contributed by atoms with Crippen molar-refractivity contribution >= 4 is 27.7 Å². The van der Waals surface area contributed by atoms with Crippen LogP contribution in [0, 0.1) is 34.5 Å². The summed E-state index contributed by atoms with van der Waals surface area (Å²) < 4.78 is 28.8. The lowest BCUT2D eigenvalue weighted by Gasteiger charge is -2.48. The van der Waals surface area contributed by atoms with Crippen LogP contribution in [-0.2, 0) is 19.8 Å². The van der Waals surface area contributed by atoms with Gasteiger partial charge >= 0.3 is 10.2 Å². The highest BCUT2D eigenvalue weighted by Gasteiger charge is 2.49. The molecule has 3 N–H and O–H groups in total. The molecule has 1 saturated heterocycles. The van der Waals surface area contributed by atoms with E-state index in [1.165, 1.54) is 8.61 Å². The molecule has 1 aliphatic heterocycles. The van der Waals surface area contributed by atoms with Crippen LogP contribution in [-0.4, -0.2) is 50.7 Å². The van der Waals surface area contributed by atoms with Crippen molar-refractivity contribution in [3.63, 3.8) is 0 Å². The van der Waals surface area contributed by atoms with Crippen LogP contribution in [0.25, 0.3) is 0 Å². The molecule has 3 aliphatic rings. The Morgan fingerprint density at radius 1 is 1.21 bits per heavy atom. The molecule has 3 fully saturated rings. The standard InChI is InChI=1S/C24H33N5O4S/c1-17-9-18-10-19(13-24(11-17,12-18)23(26)31)15-27-22(30)16-28-7-4-8-29(34(28,32)33)21-6-3-2-5-20(21)14-25/h2-3,5-6,17-19H,4,7-13,15-16H2,1H3,(H2,26,31)(H,27,30)/t17?,18?,19?,24-/m1/s1. The molecule has 4 atom stereocenters. The average Bonchev–Trinajstić information content (AvgIpc) is 2.78. The quantitative estimate of drug-likeness (QED) is 0.630. The number of amides is 2. The number of primary amides is 1. The maximum absolute atomic E-state index is 13.2. The summed E-state index contributed by atoms with van der Waals surface area (Å²) in [5.74, 6) is 0.455. The van der Waals surface area contributed by atoms with E-state index in [9.17, 15) is 23.3 Å². The van der Waals surface area contributed by atoms with E-state index in [1.54, 1.807) is 24.3 Å². The van der Waals surface area contributed by atoms with Crippen molar-refractivity contribution in [1.82, 2.24) is 9.62 Å². The second kappa shape index (κ2) is 9.55. The van der Waals surface area contributed by atoms with Crippen LogP contribution in [0.1, 0.15) is 51.0 Å². The molecule has 1 aromatic carbocycles. The minimum absolute atomic E-state index is 0.152. The van der Waals surface area contributed by atoms with Gasteiger partial charge in [0.15, 0.2) is 0 Å². The molecule has 2 aliphatic carbocycles. The van der Waals surface area contributed by atoms with E-state index in [-0.39, 0.29) is 42.9 Å². The van der Waals surface area contributed by atoms with E-state index in [0.29, 0.717) is 36.9 Å². The molecule has 0 radical (unpaired) electrons. The Labute approximate surface area is 201 Å². The molecule has 2 amide bonds. The van der Waals surface area contributed by atoms with Gasteiger partial charge in [0.2, 0.25) is 11.8 Å². The van der Waals surface area contributed by atoms with Gasteiger partial charge in [-0.1, -0.05) is 19.1 Å². The summed E-state index contributed by atoms with van der Waals surface area (Å²) in [6.07, 6.45) is 4.88. The maximum atomic E-state index is 13.2. The number of nitrogens with two attached hydrogens (primary N) is 1. The first-order chi connectivity index (χ1) is 16.1. The van der Waals surface area contributed by atoms with Crippen LogP contribution in [0.15, 0.2) is 24.3 Å². The summed E-state index contributed by atoms with van der Waals surface area (Å²) >= 11 is 0. The van der Waals surface area contributed by atoms with Crippen molar-refractivity contribution in [3.05, 3.63) is 29.8 Å². The fourth-order valence-corrected chi connectivity index (χ4v) is 8.06. The van der Waals surface area contributed by atoms with Gasteiger partial charge in [-0.2, -0.15) is 18.0 Å². The van der Waals surface area contributed by atoms with Crippen LogP contribution in [0.5, 0.6) is 0 Å². The number of nitrogens with zero attached hydrogens (tertiary/aromatic N) is 3. The molecule has 2 bridgehead atoms. The Morgan fingerprint density at radius 2 is 1.97 bits per heavy atom. The zero-order valence-electron chi connectivity index (χ0n) is 19.6. The van der Waals surface area contributed by atoms with Crippen molar-refractivity contribution in [2.45, 2.75) is 45.4 Å². The zero-order chi connectivity index (χ0) is 24.5. The third-order valence-corrected chi connectivity index (χ3v) is 9.50. The molecule has 0 spiro atoms. The normalized spacial score (nSPS) is 30.8. The van der Waals surface area contributed by atoms with Crippen LogP contribution in [0.2, 0.25) is 0 Å². The highest BCUT2D eigenvalue weighted by atomic mass is 32.2. The molecule has 1 heterocycles. The second-order valence-electron chi connectivity index (χ2n) is 10.3. The van der Waals surface area contributed by atoms with Crippen LogP contribution < -0.4 is 15.4 Å². The molecule has 4 rings (SSSR count). The van der Waals surface area contributed by atoms with Crippen LogP contribution in [0.4, 0.5) is 5.69 Å². The number of carbonyl (C=O) groups is 2. The minimum atomic E-state index is -3.93. The highest BCUT2D eigenvalue weighted by molar-refractivity contribution is 7.90. The molecule has 2 saturated carbocycles. The van der Waals surface area contributed by atoms with E-state index < -0.39 is 15.6 Å². The number of nitriles is 1. The zero-order valence-corrected chi connectivity index (χ0v) is 20.4. The Hall–Kier alpha value is -2.64. The average molecular weight is 488 g/mol. The first-order valence-corrected chi connectivity index (χ1v) is 13.4. The lowest BCUT2D eigenvalue weighted by molar-refractivity contribution is -0.136. The van der Waals surface area contributed by atoms with Gasteiger partial charge in [0.05, 0.1) is 17.8 Å². The molecule has 9 nitrogen and oxygen atoms in total. The number of para-hydroxylation sites is 1. The van der Waals surface area contributed by atoms with Gasteiger partial charge in [0.25, 0.3) is 0 Å². The van der Waals surface area contributed by atoms with E-state index in [4.69, 9.17) is 5.73 Å². The lowest BCUT2D eigenvalue weighted by atomic mass is 9.56. The number of anilines is 1. The van der Waals surface area contributed by atoms with Crippen molar-refractivity contribution < 1.29 is 18.0 Å². The van der Waals surface area contributed by atoms with Crippen molar-refractivity contribution in [2.24, 2.45) is 28.9 Å². The summed E-state index contributed by atoms with van der Waals surface area (Å²) in [6, 6.07) is 8.60. The number of carbonyl (C=O) groups excluding carboxylic acids is 2. The predicted molar refractivity (Wildman–Crippen MR) is 127 cm³/mol. The first kappa shape index (κ1) is 24.5. The highest BCUT2D eigenvalue weighted by Crippen LogP contribution is 2.52. The molecule has 34 heavy (non-hydrogen) atoms. The molecule has 1 aromatic rings. The van der Waals surface area contributed by atoms with E-state index >= 15 is 0 Å². The van der Waals surface area contributed by atoms with Gasteiger partial charge in [-0.15, -0.1) is 0 Å². The number of hydrogen-bond donors (Lipinski definition) is 2. The maximum Gasteiger partial charge on any atom is 0.304 e. The smallest absolute Gasteiger partial charge is 0.304 e. The molecular weight excluding hydrogens is 454 g/mol. The molecular formula is C24H33N5O4S. The predicted octanol–water partition coefficient (Wildman–Crippen LogP) is 1.75. The molecule has 0 aromatic heterocycles. The monoisotopic (exact) mass is 487 g/mol. The Kier molecular flexibility index (Phi) is 6.87. The largest absolute Gasteiger partial charge is 0.369 e.